The first kappa shape index (κ1) is 15.8. The lowest BCUT2D eigenvalue weighted by Crippen LogP contribution is -2.13. The Bertz CT molecular complexity index is 790. The van der Waals surface area contributed by atoms with Gasteiger partial charge in [-0.25, -0.2) is 13.2 Å². The number of benzene rings is 2. The number of carboxylic acid groups (broad SMARTS) is 1. The Morgan fingerprint density at radius 1 is 1.14 bits per heavy atom. The maximum absolute atomic E-state index is 12.2. The van der Waals surface area contributed by atoms with Crippen molar-refractivity contribution in [2.45, 2.75) is 4.90 Å². The number of carbonyl (C=O) groups is 1. The van der Waals surface area contributed by atoms with Crippen LogP contribution in [0.4, 0.5) is 5.69 Å². The van der Waals surface area contributed by atoms with E-state index in [9.17, 15) is 13.2 Å². The number of carboxylic acids is 1. The zero-order chi connectivity index (χ0) is 15.6. The van der Waals surface area contributed by atoms with Crippen LogP contribution in [-0.4, -0.2) is 19.5 Å². The van der Waals surface area contributed by atoms with E-state index in [0.717, 1.165) is 0 Å². The lowest BCUT2D eigenvalue weighted by atomic mass is 10.2. The minimum Gasteiger partial charge on any atom is -0.478 e. The van der Waals surface area contributed by atoms with Crippen molar-refractivity contribution in [2.75, 3.05) is 4.72 Å². The summed E-state index contributed by atoms with van der Waals surface area (Å²) in [4.78, 5) is 10.7. The molecule has 2 aromatic rings. The fourth-order valence-corrected chi connectivity index (χ4v) is 3.21. The second-order valence-corrected chi connectivity index (χ2v) is 7.06. The number of halogens is 2. The van der Waals surface area contributed by atoms with Crippen LogP contribution in [0.15, 0.2) is 51.8 Å². The summed E-state index contributed by atoms with van der Waals surface area (Å²) in [6.45, 7) is 0. The van der Waals surface area contributed by atoms with E-state index in [4.69, 9.17) is 16.7 Å². The highest BCUT2D eigenvalue weighted by atomic mass is 79.9. The number of anilines is 1. The normalized spacial score (nSPS) is 11.1. The van der Waals surface area contributed by atoms with Gasteiger partial charge in [-0.05, 0) is 42.5 Å². The summed E-state index contributed by atoms with van der Waals surface area (Å²) in [5.41, 5.74) is 0.239. The molecule has 21 heavy (non-hydrogen) atoms. The number of hydrogen-bond donors (Lipinski definition) is 2. The van der Waals surface area contributed by atoms with Gasteiger partial charge in [0.05, 0.1) is 21.2 Å². The Kier molecular flexibility index (Phi) is 4.55. The molecule has 2 aromatic carbocycles. The molecule has 0 radical (unpaired) electrons. The second kappa shape index (κ2) is 6.05. The van der Waals surface area contributed by atoms with Crippen molar-refractivity contribution in [2.24, 2.45) is 0 Å². The number of aromatic carboxylic acids is 1. The molecule has 110 valence electrons. The lowest BCUT2D eigenvalue weighted by molar-refractivity contribution is 0.0697. The molecule has 0 atom stereocenters. The van der Waals surface area contributed by atoms with Crippen molar-refractivity contribution >= 4 is 49.2 Å². The molecule has 2 N–H and O–H groups in total. The molecule has 0 aliphatic heterocycles. The zero-order valence-corrected chi connectivity index (χ0v) is 13.5. The van der Waals surface area contributed by atoms with Crippen molar-refractivity contribution < 1.29 is 18.3 Å². The van der Waals surface area contributed by atoms with Crippen molar-refractivity contribution in [1.82, 2.24) is 0 Å². The van der Waals surface area contributed by atoms with Gasteiger partial charge in [0.25, 0.3) is 10.0 Å². The minimum absolute atomic E-state index is 0.00874. The van der Waals surface area contributed by atoms with Gasteiger partial charge in [-0.1, -0.05) is 27.5 Å². The Morgan fingerprint density at radius 2 is 1.76 bits per heavy atom. The van der Waals surface area contributed by atoms with Crippen LogP contribution >= 0.6 is 27.5 Å². The third-order valence-corrected chi connectivity index (χ3v) is 4.79. The van der Waals surface area contributed by atoms with Crippen LogP contribution in [0.2, 0.25) is 5.02 Å². The average Bonchev–Trinajstić information content (AvgIpc) is 2.43. The molecule has 0 aliphatic carbocycles. The fourth-order valence-electron chi connectivity index (χ4n) is 1.56. The van der Waals surface area contributed by atoms with Crippen LogP contribution in [0.5, 0.6) is 0 Å². The molecule has 2 rings (SSSR count). The Morgan fingerprint density at radius 3 is 2.33 bits per heavy atom. The van der Waals surface area contributed by atoms with Gasteiger partial charge < -0.3 is 5.11 Å². The summed E-state index contributed by atoms with van der Waals surface area (Å²) in [6.07, 6.45) is 0. The molecule has 5 nitrogen and oxygen atoms in total. The van der Waals surface area contributed by atoms with E-state index in [1.165, 1.54) is 30.3 Å². The van der Waals surface area contributed by atoms with Crippen LogP contribution in [0.1, 0.15) is 10.4 Å². The summed E-state index contributed by atoms with van der Waals surface area (Å²) in [5.74, 6) is -1.12. The first-order chi connectivity index (χ1) is 9.79. The van der Waals surface area contributed by atoms with Crippen molar-refractivity contribution in [3.8, 4) is 0 Å². The number of rotatable bonds is 4. The van der Waals surface area contributed by atoms with Crippen LogP contribution in [0.3, 0.4) is 0 Å². The maximum atomic E-state index is 12.2. The van der Waals surface area contributed by atoms with Gasteiger partial charge in [0, 0.05) is 4.47 Å². The van der Waals surface area contributed by atoms with Gasteiger partial charge in [-0.2, -0.15) is 0 Å². The summed E-state index contributed by atoms with van der Waals surface area (Å²) < 4.78 is 27.5. The van der Waals surface area contributed by atoms with Crippen LogP contribution < -0.4 is 4.72 Å². The lowest BCUT2D eigenvalue weighted by Gasteiger charge is -2.10. The molecular formula is C13H9BrClNO4S. The standard InChI is InChI=1S/C13H9BrClNO4S/c14-9-3-6-11(15)12(7-9)16-21(19,20)10-4-1-8(2-5-10)13(17)18/h1-7,16H,(H,17,18). The maximum Gasteiger partial charge on any atom is 0.335 e. The molecule has 0 bridgehead atoms. The fraction of sp³-hybridized carbons (Fsp3) is 0. The summed E-state index contributed by atoms with van der Waals surface area (Å²) >= 11 is 9.16. The number of sulfonamides is 1. The van der Waals surface area contributed by atoms with E-state index in [-0.39, 0.29) is 21.2 Å². The molecule has 0 spiro atoms. The second-order valence-electron chi connectivity index (χ2n) is 4.06. The molecule has 0 saturated heterocycles. The number of nitrogens with one attached hydrogen (secondary N) is 1. The predicted octanol–water partition coefficient (Wildman–Crippen LogP) is 3.60. The third kappa shape index (κ3) is 3.75. The highest BCUT2D eigenvalue weighted by Gasteiger charge is 2.16. The first-order valence-corrected chi connectivity index (χ1v) is 8.26. The molecule has 0 heterocycles. The van der Waals surface area contributed by atoms with Crippen molar-refractivity contribution in [3.05, 3.63) is 57.5 Å². The SMILES string of the molecule is O=C(O)c1ccc(S(=O)(=O)Nc2cc(Br)ccc2Cl)cc1. The van der Waals surface area contributed by atoms with Gasteiger partial charge in [0.15, 0.2) is 0 Å². The van der Waals surface area contributed by atoms with Crippen LogP contribution in [-0.2, 0) is 10.0 Å². The van der Waals surface area contributed by atoms with Crippen molar-refractivity contribution in [1.29, 1.82) is 0 Å². The van der Waals surface area contributed by atoms with E-state index in [1.54, 1.807) is 12.1 Å². The van der Waals surface area contributed by atoms with Crippen molar-refractivity contribution in [3.63, 3.8) is 0 Å². The average molecular weight is 391 g/mol. The van der Waals surface area contributed by atoms with Gasteiger partial charge in [-0.3, -0.25) is 4.72 Å². The van der Waals surface area contributed by atoms with Gasteiger partial charge >= 0.3 is 5.97 Å². The molecule has 0 fully saturated rings. The summed E-state index contributed by atoms with van der Waals surface area (Å²) in [7, 11) is -3.84. The summed E-state index contributed by atoms with van der Waals surface area (Å²) in [5, 5.41) is 9.05. The minimum atomic E-state index is -3.84. The molecule has 0 aliphatic rings. The van der Waals surface area contributed by atoms with Crippen LogP contribution in [0.25, 0.3) is 0 Å². The van der Waals surface area contributed by atoms with E-state index in [1.807, 2.05) is 0 Å². The molecule has 0 aromatic heterocycles. The third-order valence-electron chi connectivity index (χ3n) is 2.58. The predicted molar refractivity (Wildman–Crippen MR) is 83.4 cm³/mol. The van der Waals surface area contributed by atoms with E-state index in [0.29, 0.717) is 4.47 Å². The summed E-state index contributed by atoms with van der Waals surface area (Å²) in [6, 6.07) is 9.65. The van der Waals surface area contributed by atoms with E-state index >= 15 is 0 Å². The topological polar surface area (TPSA) is 83.5 Å². The Hall–Kier alpha value is -1.57. The van der Waals surface area contributed by atoms with Gasteiger partial charge in [0.1, 0.15) is 0 Å². The quantitative estimate of drug-likeness (QED) is 0.835. The highest BCUT2D eigenvalue weighted by Crippen LogP contribution is 2.28. The molecular weight excluding hydrogens is 382 g/mol. The first-order valence-electron chi connectivity index (χ1n) is 5.61. The van der Waals surface area contributed by atoms with Gasteiger partial charge in [0.2, 0.25) is 0 Å². The Balaban J connectivity index is 2.34. The van der Waals surface area contributed by atoms with Gasteiger partial charge in [-0.15, -0.1) is 0 Å². The Labute approximate surface area is 134 Å². The molecule has 0 unspecified atom stereocenters. The van der Waals surface area contributed by atoms with E-state index < -0.39 is 16.0 Å². The number of hydrogen-bond acceptors (Lipinski definition) is 3. The monoisotopic (exact) mass is 389 g/mol. The molecule has 8 heteroatoms. The molecule has 0 amide bonds. The van der Waals surface area contributed by atoms with Crippen LogP contribution in [0, 0.1) is 0 Å². The molecule has 0 saturated carbocycles. The smallest absolute Gasteiger partial charge is 0.335 e. The highest BCUT2D eigenvalue weighted by molar-refractivity contribution is 9.10. The van der Waals surface area contributed by atoms with E-state index in [2.05, 4.69) is 20.7 Å². The largest absolute Gasteiger partial charge is 0.478 e. The zero-order valence-electron chi connectivity index (χ0n) is 10.4.